The Balaban J connectivity index is 2.49. The van der Waals surface area contributed by atoms with E-state index in [4.69, 9.17) is 10.6 Å². The fraction of sp³-hybridized carbons (Fsp3) is 0.538. The normalized spacial score (nSPS) is 10.6. The number of anilines is 2. The smallest absolute Gasteiger partial charge is 0.316 e. The number of nitrogens with two attached hydrogens (primary N) is 1. The predicted molar refractivity (Wildman–Crippen MR) is 79.7 cm³/mol. The molecule has 0 aliphatic carbocycles. The van der Waals surface area contributed by atoms with E-state index >= 15 is 0 Å². The van der Waals surface area contributed by atoms with E-state index in [0.717, 1.165) is 13.0 Å². The predicted octanol–water partition coefficient (Wildman–Crippen LogP) is 2.35. The Morgan fingerprint density at radius 3 is 2.70 bits per heavy atom. The lowest BCUT2D eigenvalue weighted by molar-refractivity contribution is -0.383. The lowest BCUT2D eigenvalue weighted by atomic mass is 10.2. The van der Waals surface area contributed by atoms with Crippen molar-refractivity contribution in [3.05, 3.63) is 28.3 Å². The molecule has 0 bridgehead atoms. The summed E-state index contributed by atoms with van der Waals surface area (Å²) in [5.74, 6) is 5.79. The molecule has 0 aliphatic rings. The van der Waals surface area contributed by atoms with Gasteiger partial charge in [-0.05, 0) is 24.5 Å². The minimum atomic E-state index is -0.452. The molecule has 0 aromatic heterocycles. The summed E-state index contributed by atoms with van der Waals surface area (Å²) in [7, 11) is 0. The Morgan fingerprint density at radius 2 is 2.10 bits per heavy atom. The van der Waals surface area contributed by atoms with Gasteiger partial charge in [0.15, 0.2) is 0 Å². The zero-order valence-electron chi connectivity index (χ0n) is 11.9. The summed E-state index contributed by atoms with van der Waals surface area (Å²) >= 11 is 0. The Kier molecular flexibility index (Phi) is 6.75. The van der Waals surface area contributed by atoms with Gasteiger partial charge in [-0.25, -0.2) is 0 Å². The second kappa shape index (κ2) is 8.34. The third-order valence-corrected chi connectivity index (χ3v) is 2.61. The highest BCUT2D eigenvalue weighted by molar-refractivity contribution is 5.75. The van der Waals surface area contributed by atoms with Gasteiger partial charge in [-0.2, -0.15) is 0 Å². The van der Waals surface area contributed by atoms with E-state index < -0.39 is 4.92 Å². The second-order valence-electron chi connectivity index (χ2n) is 4.85. The van der Waals surface area contributed by atoms with Crippen LogP contribution < -0.4 is 16.6 Å². The van der Waals surface area contributed by atoms with Crippen LogP contribution in [-0.2, 0) is 4.74 Å². The Morgan fingerprint density at radius 1 is 1.40 bits per heavy atom. The number of ether oxygens (including phenoxy) is 1. The number of rotatable bonds is 9. The molecular weight excluding hydrogens is 260 g/mol. The van der Waals surface area contributed by atoms with Crippen molar-refractivity contribution in [2.75, 3.05) is 30.5 Å². The van der Waals surface area contributed by atoms with Gasteiger partial charge in [-0.15, -0.1) is 0 Å². The summed E-state index contributed by atoms with van der Waals surface area (Å²) in [6.45, 7) is 6.15. The average Bonchev–Trinajstić information content (AvgIpc) is 2.41. The SMILES string of the molecule is CC(C)COCCCNc1cccc(NN)c1[N+](=O)[O-]. The minimum Gasteiger partial charge on any atom is -0.381 e. The molecule has 1 aromatic rings. The molecule has 7 nitrogen and oxygen atoms in total. The van der Waals surface area contributed by atoms with Gasteiger partial charge in [-0.3, -0.25) is 16.0 Å². The van der Waals surface area contributed by atoms with Gasteiger partial charge in [0, 0.05) is 19.8 Å². The molecule has 1 aromatic carbocycles. The number of hydrogen-bond donors (Lipinski definition) is 3. The lowest BCUT2D eigenvalue weighted by Gasteiger charge is -2.10. The van der Waals surface area contributed by atoms with E-state index in [2.05, 4.69) is 24.6 Å². The van der Waals surface area contributed by atoms with Crippen LogP contribution in [0.4, 0.5) is 17.1 Å². The fourth-order valence-corrected chi connectivity index (χ4v) is 1.72. The number of hydrogen-bond acceptors (Lipinski definition) is 6. The number of nitrogens with one attached hydrogen (secondary N) is 2. The van der Waals surface area contributed by atoms with Crippen LogP contribution in [0.3, 0.4) is 0 Å². The minimum absolute atomic E-state index is 0.0434. The van der Waals surface area contributed by atoms with Crippen molar-refractivity contribution in [2.24, 2.45) is 11.8 Å². The van der Waals surface area contributed by atoms with Crippen molar-refractivity contribution >= 4 is 17.1 Å². The Labute approximate surface area is 118 Å². The highest BCUT2D eigenvalue weighted by atomic mass is 16.6. The molecule has 0 heterocycles. The van der Waals surface area contributed by atoms with Crippen LogP contribution in [0, 0.1) is 16.0 Å². The summed E-state index contributed by atoms with van der Waals surface area (Å²) < 4.78 is 5.45. The monoisotopic (exact) mass is 282 g/mol. The number of nitro groups is 1. The van der Waals surface area contributed by atoms with E-state index in [1.807, 2.05) is 0 Å². The molecular formula is C13H22N4O3. The van der Waals surface area contributed by atoms with Gasteiger partial charge in [0.05, 0.1) is 4.92 Å². The molecule has 4 N–H and O–H groups in total. The van der Waals surface area contributed by atoms with Crippen molar-refractivity contribution in [1.29, 1.82) is 0 Å². The Bertz CT molecular complexity index is 438. The zero-order chi connectivity index (χ0) is 15.0. The van der Waals surface area contributed by atoms with E-state index in [9.17, 15) is 10.1 Å². The number of nitrogen functional groups attached to an aromatic ring is 1. The van der Waals surface area contributed by atoms with E-state index in [1.54, 1.807) is 18.2 Å². The average molecular weight is 282 g/mol. The molecule has 0 saturated heterocycles. The van der Waals surface area contributed by atoms with Crippen LogP contribution in [0.15, 0.2) is 18.2 Å². The van der Waals surface area contributed by atoms with Crippen LogP contribution in [0.2, 0.25) is 0 Å². The molecule has 0 atom stereocenters. The largest absolute Gasteiger partial charge is 0.381 e. The lowest BCUT2D eigenvalue weighted by Crippen LogP contribution is -2.12. The van der Waals surface area contributed by atoms with Crippen molar-refractivity contribution in [3.8, 4) is 0 Å². The van der Waals surface area contributed by atoms with Gasteiger partial charge < -0.3 is 15.5 Å². The van der Waals surface area contributed by atoms with Crippen molar-refractivity contribution in [2.45, 2.75) is 20.3 Å². The first kappa shape index (κ1) is 16.2. The van der Waals surface area contributed by atoms with Crippen molar-refractivity contribution < 1.29 is 9.66 Å². The van der Waals surface area contributed by atoms with Crippen LogP contribution in [0.25, 0.3) is 0 Å². The topological polar surface area (TPSA) is 102 Å². The molecule has 0 unspecified atom stereocenters. The zero-order valence-corrected chi connectivity index (χ0v) is 11.9. The fourth-order valence-electron chi connectivity index (χ4n) is 1.72. The van der Waals surface area contributed by atoms with Crippen LogP contribution in [0.1, 0.15) is 20.3 Å². The third-order valence-electron chi connectivity index (χ3n) is 2.61. The molecule has 112 valence electrons. The standard InChI is InChI=1S/C13H22N4O3/c1-10(2)9-20-8-4-7-15-11-5-3-6-12(16-14)13(11)17(18)19/h3,5-6,10,15-16H,4,7-9,14H2,1-2H3. The van der Waals surface area contributed by atoms with Gasteiger partial charge in [0.2, 0.25) is 0 Å². The maximum Gasteiger partial charge on any atom is 0.316 e. The van der Waals surface area contributed by atoms with Crippen molar-refractivity contribution in [1.82, 2.24) is 0 Å². The number of hydrazine groups is 1. The first-order valence-electron chi connectivity index (χ1n) is 6.62. The first-order chi connectivity index (χ1) is 9.56. The highest BCUT2D eigenvalue weighted by Gasteiger charge is 2.18. The van der Waals surface area contributed by atoms with Crippen LogP contribution in [0.5, 0.6) is 0 Å². The summed E-state index contributed by atoms with van der Waals surface area (Å²) in [5, 5.41) is 14.1. The van der Waals surface area contributed by atoms with E-state index in [-0.39, 0.29) is 11.4 Å². The van der Waals surface area contributed by atoms with Gasteiger partial charge >= 0.3 is 5.69 Å². The molecule has 0 aliphatic heterocycles. The maximum atomic E-state index is 11.1. The molecule has 0 fully saturated rings. The molecule has 0 saturated carbocycles. The third kappa shape index (κ3) is 5.02. The van der Waals surface area contributed by atoms with Crippen LogP contribution in [-0.4, -0.2) is 24.7 Å². The quantitative estimate of drug-likeness (QED) is 0.278. The molecule has 7 heteroatoms. The molecule has 20 heavy (non-hydrogen) atoms. The molecule has 0 spiro atoms. The number of para-hydroxylation sites is 1. The van der Waals surface area contributed by atoms with Gasteiger partial charge in [0.25, 0.3) is 0 Å². The van der Waals surface area contributed by atoms with Gasteiger partial charge in [-0.1, -0.05) is 19.9 Å². The summed E-state index contributed by atoms with van der Waals surface area (Å²) in [4.78, 5) is 10.6. The van der Waals surface area contributed by atoms with Gasteiger partial charge in [0.1, 0.15) is 11.4 Å². The van der Waals surface area contributed by atoms with E-state index in [0.29, 0.717) is 24.8 Å². The molecule has 0 amide bonds. The number of nitrogens with zero attached hydrogens (tertiary/aromatic N) is 1. The number of nitro benzene ring substituents is 1. The first-order valence-corrected chi connectivity index (χ1v) is 6.62. The van der Waals surface area contributed by atoms with E-state index in [1.165, 1.54) is 0 Å². The Hall–Kier alpha value is -1.86. The number of benzene rings is 1. The van der Waals surface area contributed by atoms with Crippen molar-refractivity contribution in [3.63, 3.8) is 0 Å². The second-order valence-corrected chi connectivity index (χ2v) is 4.85. The summed E-state index contributed by atoms with van der Waals surface area (Å²) in [5.41, 5.74) is 3.03. The summed E-state index contributed by atoms with van der Waals surface area (Å²) in [6, 6.07) is 4.93. The maximum absolute atomic E-state index is 11.1. The molecule has 0 radical (unpaired) electrons. The highest BCUT2D eigenvalue weighted by Crippen LogP contribution is 2.31. The summed E-state index contributed by atoms with van der Waals surface area (Å²) in [6.07, 6.45) is 0.782. The molecule has 1 rings (SSSR count). The van der Waals surface area contributed by atoms with Crippen LogP contribution >= 0.6 is 0 Å².